The molecule has 0 atom stereocenters. The van der Waals surface area contributed by atoms with E-state index in [4.69, 9.17) is 0 Å². The predicted molar refractivity (Wildman–Crippen MR) is 84.3 cm³/mol. The Morgan fingerprint density at radius 2 is 1.18 bits per heavy atom. The zero-order valence-electron chi connectivity index (χ0n) is 8.35. The highest BCUT2D eigenvalue weighted by Gasteiger charge is 2.11. The fraction of sp³-hybridized carbons (Fsp3) is 0. The van der Waals surface area contributed by atoms with Crippen LogP contribution in [0.3, 0.4) is 0 Å². The number of aromatic hydroxyl groups is 1. The van der Waals surface area contributed by atoms with Crippen molar-refractivity contribution in [2.75, 3.05) is 0 Å². The Kier molecular flexibility index (Phi) is 4.34. The van der Waals surface area contributed by atoms with Crippen LogP contribution in [0.2, 0.25) is 0 Å². The average molecular weight is 486 g/mol. The van der Waals surface area contributed by atoms with Crippen LogP contribution in [0.4, 0.5) is 0 Å². The summed E-state index contributed by atoms with van der Waals surface area (Å²) in [5, 5.41) is 9.50. The molecule has 0 spiro atoms. The van der Waals surface area contributed by atoms with Gasteiger partial charge in [-0.1, -0.05) is 31.9 Å². The molecule has 0 aliphatic rings. The second kappa shape index (κ2) is 5.43. The third kappa shape index (κ3) is 3.13. The largest absolute Gasteiger partial charge is 0.508 e. The molecule has 5 heteroatoms. The smallest absolute Gasteiger partial charge is 0.117 e. The van der Waals surface area contributed by atoms with E-state index in [1.54, 1.807) is 12.1 Å². The lowest BCUT2D eigenvalue weighted by molar-refractivity contribution is 0.474. The van der Waals surface area contributed by atoms with Gasteiger partial charge in [0.2, 0.25) is 0 Å². The van der Waals surface area contributed by atoms with E-state index in [2.05, 4.69) is 63.7 Å². The summed E-state index contributed by atoms with van der Waals surface area (Å²) in [6.45, 7) is 0. The van der Waals surface area contributed by atoms with E-state index in [1.165, 1.54) is 0 Å². The van der Waals surface area contributed by atoms with Gasteiger partial charge in [0, 0.05) is 23.5 Å². The molecule has 0 amide bonds. The molecule has 2 aromatic rings. The summed E-state index contributed by atoms with van der Waals surface area (Å²) >= 11 is 13.9. The SMILES string of the molecule is Oc1cc(Br)c(-c2cc(Br)cc(Br)c2)c(Br)c1. The van der Waals surface area contributed by atoms with Crippen molar-refractivity contribution in [1.82, 2.24) is 0 Å². The molecular weight excluding hydrogens is 480 g/mol. The Morgan fingerprint density at radius 1 is 0.706 bits per heavy atom. The third-order valence-corrected chi connectivity index (χ3v) is 4.34. The summed E-state index contributed by atoms with van der Waals surface area (Å²) in [6, 6.07) is 9.37. The van der Waals surface area contributed by atoms with Crippen molar-refractivity contribution in [3.8, 4) is 16.9 Å². The van der Waals surface area contributed by atoms with E-state index in [-0.39, 0.29) is 5.75 Å². The monoisotopic (exact) mass is 482 g/mol. The zero-order chi connectivity index (χ0) is 12.6. The molecule has 2 rings (SSSR count). The molecule has 0 aliphatic heterocycles. The molecule has 0 bridgehead atoms. The summed E-state index contributed by atoms with van der Waals surface area (Å²) in [6.07, 6.45) is 0. The number of phenols is 1. The highest BCUT2D eigenvalue weighted by molar-refractivity contribution is 9.11. The Morgan fingerprint density at radius 3 is 1.65 bits per heavy atom. The Balaban J connectivity index is 2.68. The van der Waals surface area contributed by atoms with Gasteiger partial charge in [0.1, 0.15) is 5.75 Å². The van der Waals surface area contributed by atoms with Crippen molar-refractivity contribution in [3.63, 3.8) is 0 Å². The average Bonchev–Trinajstić information content (AvgIpc) is 2.13. The minimum Gasteiger partial charge on any atom is -0.508 e. The molecule has 0 aromatic heterocycles. The highest BCUT2D eigenvalue weighted by atomic mass is 79.9. The second-order valence-electron chi connectivity index (χ2n) is 3.44. The van der Waals surface area contributed by atoms with Crippen molar-refractivity contribution in [2.45, 2.75) is 0 Å². The number of hydrogen-bond donors (Lipinski definition) is 1. The summed E-state index contributed by atoms with van der Waals surface area (Å²) in [4.78, 5) is 0. The fourth-order valence-electron chi connectivity index (χ4n) is 1.53. The summed E-state index contributed by atoms with van der Waals surface area (Å²) in [5.74, 6) is 0.224. The lowest BCUT2D eigenvalue weighted by atomic mass is 10.1. The van der Waals surface area contributed by atoms with E-state index in [0.717, 1.165) is 29.0 Å². The van der Waals surface area contributed by atoms with E-state index in [0.29, 0.717) is 0 Å². The van der Waals surface area contributed by atoms with Crippen molar-refractivity contribution in [3.05, 3.63) is 48.2 Å². The molecule has 0 unspecified atom stereocenters. The van der Waals surface area contributed by atoms with Crippen molar-refractivity contribution < 1.29 is 5.11 Å². The molecule has 0 aliphatic carbocycles. The van der Waals surface area contributed by atoms with E-state index in [9.17, 15) is 5.11 Å². The van der Waals surface area contributed by atoms with E-state index >= 15 is 0 Å². The molecule has 0 fully saturated rings. The molecule has 88 valence electrons. The lowest BCUT2D eigenvalue weighted by Crippen LogP contribution is -1.83. The van der Waals surface area contributed by atoms with Gasteiger partial charge in [-0.15, -0.1) is 0 Å². The molecular formula is C12H6Br4O. The maximum Gasteiger partial charge on any atom is 0.117 e. The topological polar surface area (TPSA) is 20.2 Å². The molecule has 17 heavy (non-hydrogen) atoms. The molecule has 0 heterocycles. The predicted octanol–water partition coefficient (Wildman–Crippen LogP) is 6.11. The van der Waals surface area contributed by atoms with Crippen LogP contribution in [0.1, 0.15) is 0 Å². The number of benzene rings is 2. The Hall–Kier alpha value is 0.160. The quantitative estimate of drug-likeness (QED) is 0.517. The van der Waals surface area contributed by atoms with E-state index in [1.807, 2.05) is 18.2 Å². The zero-order valence-corrected chi connectivity index (χ0v) is 14.7. The molecule has 1 nitrogen and oxygen atoms in total. The van der Waals surface area contributed by atoms with Crippen LogP contribution in [-0.2, 0) is 0 Å². The minimum absolute atomic E-state index is 0.224. The van der Waals surface area contributed by atoms with Crippen LogP contribution in [-0.4, -0.2) is 5.11 Å². The third-order valence-electron chi connectivity index (χ3n) is 2.18. The number of phenolic OH excluding ortho intramolecular Hbond substituents is 1. The van der Waals surface area contributed by atoms with Gasteiger partial charge in [0.15, 0.2) is 0 Å². The Bertz CT molecular complexity index is 537. The van der Waals surface area contributed by atoms with Gasteiger partial charge in [0.25, 0.3) is 0 Å². The molecule has 1 N–H and O–H groups in total. The van der Waals surface area contributed by atoms with Crippen LogP contribution >= 0.6 is 63.7 Å². The maximum absolute atomic E-state index is 9.50. The van der Waals surface area contributed by atoms with Crippen LogP contribution < -0.4 is 0 Å². The van der Waals surface area contributed by atoms with Gasteiger partial charge < -0.3 is 5.11 Å². The van der Waals surface area contributed by atoms with Crippen LogP contribution in [0.25, 0.3) is 11.1 Å². The normalized spacial score (nSPS) is 10.6. The molecule has 2 aromatic carbocycles. The van der Waals surface area contributed by atoms with Gasteiger partial charge in [-0.25, -0.2) is 0 Å². The number of halogens is 4. The molecule has 0 radical (unpaired) electrons. The molecule has 0 saturated heterocycles. The van der Waals surface area contributed by atoms with E-state index < -0.39 is 0 Å². The van der Waals surface area contributed by atoms with Crippen molar-refractivity contribution in [1.29, 1.82) is 0 Å². The van der Waals surface area contributed by atoms with Gasteiger partial charge in [0.05, 0.1) is 0 Å². The van der Waals surface area contributed by atoms with Crippen LogP contribution in [0.5, 0.6) is 5.75 Å². The van der Waals surface area contributed by atoms with Gasteiger partial charge in [-0.2, -0.15) is 0 Å². The first kappa shape index (κ1) is 13.6. The first-order chi connectivity index (χ1) is 7.97. The maximum atomic E-state index is 9.50. The lowest BCUT2D eigenvalue weighted by Gasteiger charge is -2.09. The standard InChI is InChI=1S/C12H6Br4O/c13-7-1-6(2-8(14)3-7)12-10(15)4-9(17)5-11(12)16/h1-5,17H. The highest BCUT2D eigenvalue weighted by Crippen LogP contribution is 2.39. The fourth-order valence-corrected chi connectivity index (χ4v) is 4.45. The first-order valence-corrected chi connectivity index (χ1v) is 7.79. The van der Waals surface area contributed by atoms with Gasteiger partial charge in [-0.3, -0.25) is 0 Å². The Labute approximate surface area is 133 Å². The minimum atomic E-state index is 0.224. The first-order valence-electron chi connectivity index (χ1n) is 4.62. The number of hydrogen-bond acceptors (Lipinski definition) is 1. The van der Waals surface area contributed by atoms with Gasteiger partial charge >= 0.3 is 0 Å². The van der Waals surface area contributed by atoms with Crippen LogP contribution in [0.15, 0.2) is 48.2 Å². The van der Waals surface area contributed by atoms with Crippen molar-refractivity contribution in [2.24, 2.45) is 0 Å². The second-order valence-corrected chi connectivity index (χ2v) is 6.98. The summed E-state index contributed by atoms with van der Waals surface area (Å²) in [7, 11) is 0. The van der Waals surface area contributed by atoms with Crippen LogP contribution in [0, 0.1) is 0 Å². The van der Waals surface area contributed by atoms with Crippen molar-refractivity contribution >= 4 is 63.7 Å². The summed E-state index contributed by atoms with van der Waals surface area (Å²) in [5.41, 5.74) is 2.05. The molecule has 0 saturated carbocycles. The summed E-state index contributed by atoms with van der Waals surface area (Å²) < 4.78 is 3.67. The van der Waals surface area contributed by atoms with Gasteiger partial charge in [-0.05, 0) is 67.8 Å². The number of rotatable bonds is 1.